The summed E-state index contributed by atoms with van der Waals surface area (Å²) in [6, 6.07) is 0. The predicted molar refractivity (Wildman–Crippen MR) is 63.1 cm³/mol. The van der Waals surface area contributed by atoms with Crippen molar-refractivity contribution in [3.63, 3.8) is 0 Å². The number of hydrogen-bond donors (Lipinski definition) is 1. The van der Waals surface area contributed by atoms with E-state index in [1.807, 2.05) is 21.1 Å². The van der Waals surface area contributed by atoms with Crippen molar-refractivity contribution in [3.8, 4) is 0 Å². The van der Waals surface area contributed by atoms with Crippen LogP contribution in [0.5, 0.6) is 0 Å². The predicted octanol–water partition coefficient (Wildman–Crippen LogP) is 1.32. The fourth-order valence-corrected chi connectivity index (χ4v) is 1.48. The molecule has 92 valence electrons. The molecule has 1 N–H and O–H groups in total. The average molecular weight is 228 g/mol. The van der Waals surface area contributed by atoms with Gasteiger partial charge in [0.2, 0.25) is 0 Å². The Morgan fingerprint density at radius 3 is 2.25 bits per heavy atom. The maximum Gasteiger partial charge on any atom is 0.304 e. The van der Waals surface area contributed by atoms with Gasteiger partial charge in [0.05, 0.1) is 34.1 Å². The van der Waals surface area contributed by atoms with E-state index in [1.54, 1.807) is 13.0 Å². The van der Waals surface area contributed by atoms with Crippen LogP contribution in [-0.2, 0) is 9.59 Å². The topological polar surface area (TPSA) is 54.4 Å². The van der Waals surface area contributed by atoms with Crippen molar-refractivity contribution in [1.82, 2.24) is 0 Å². The van der Waals surface area contributed by atoms with Gasteiger partial charge in [-0.3, -0.25) is 9.59 Å². The Labute approximate surface area is 97.2 Å². The molecule has 0 amide bonds. The fourth-order valence-electron chi connectivity index (χ4n) is 1.48. The number of allylic oxidation sites excluding steroid dienone is 1. The van der Waals surface area contributed by atoms with Crippen LogP contribution in [0.1, 0.15) is 19.8 Å². The molecule has 0 heterocycles. The SMILES string of the molecule is CCC(=O)C=CC(CC(=O)O)C[N+](C)(C)C. The summed E-state index contributed by atoms with van der Waals surface area (Å²) in [7, 11) is 6.01. The van der Waals surface area contributed by atoms with Crippen LogP contribution in [0.3, 0.4) is 0 Å². The Balaban J connectivity index is 4.49. The van der Waals surface area contributed by atoms with Gasteiger partial charge in [-0.1, -0.05) is 13.0 Å². The van der Waals surface area contributed by atoms with Crippen molar-refractivity contribution in [2.24, 2.45) is 5.92 Å². The van der Waals surface area contributed by atoms with Gasteiger partial charge in [0.15, 0.2) is 5.78 Å². The average Bonchev–Trinajstić information content (AvgIpc) is 2.10. The van der Waals surface area contributed by atoms with Crippen LogP contribution >= 0.6 is 0 Å². The molecule has 0 aliphatic carbocycles. The molecule has 1 unspecified atom stereocenters. The highest BCUT2D eigenvalue weighted by molar-refractivity contribution is 5.89. The van der Waals surface area contributed by atoms with Gasteiger partial charge in [-0.2, -0.15) is 0 Å². The molecule has 4 nitrogen and oxygen atoms in total. The minimum atomic E-state index is -0.827. The highest BCUT2D eigenvalue weighted by Crippen LogP contribution is 2.10. The van der Waals surface area contributed by atoms with E-state index in [1.165, 1.54) is 6.08 Å². The summed E-state index contributed by atoms with van der Waals surface area (Å²) in [6.45, 7) is 2.50. The van der Waals surface area contributed by atoms with Crippen molar-refractivity contribution in [2.45, 2.75) is 19.8 Å². The number of quaternary nitrogens is 1. The smallest absolute Gasteiger partial charge is 0.304 e. The molecule has 0 radical (unpaired) electrons. The first-order chi connectivity index (χ1) is 7.24. The Bertz CT molecular complexity index is 276. The number of rotatable bonds is 7. The molecule has 0 saturated carbocycles. The summed E-state index contributed by atoms with van der Waals surface area (Å²) < 4.78 is 0.683. The molecule has 0 aromatic rings. The van der Waals surface area contributed by atoms with Gasteiger partial charge in [-0.25, -0.2) is 0 Å². The normalized spacial score (nSPS) is 14.0. The number of nitrogens with zero attached hydrogens (tertiary/aromatic N) is 1. The quantitative estimate of drug-likeness (QED) is 0.528. The first kappa shape index (κ1) is 14.8. The molecular weight excluding hydrogens is 206 g/mol. The van der Waals surface area contributed by atoms with Gasteiger partial charge in [-0.15, -0.1) is 0 Å². The second-order valence-corrected chi connectivity index (χ2v) is 5.01. The first-order valence-corrected chi connectivity index (χ1v) is 5.48. The molecular formula is C12H22NO3+. The van der Waals surface area contributed by atoms with Crippen LogP contribution in [-0.4, -0.2) is 49.0 Å². The maximum absolute atomic E-state index is 11.1. The lowest BCUT2D eigenvalue weighted by Gasteiger charge is -2.27. The van der Waals surface area contributed by atoms with Crippen molar-refractivity contribution in [2.75, 3.05) is 27.7 Å². The van der Waals surface area contributed by atoms with E-state index in [4.69, 9.17) is 5.11 Å². The van der Waals surface area contributed by atoms with E-state index in [0.717, 1.165) is 0 Å². The molecule has 0 bridgehead atoms. The first-order valence-electron chi connectivity index (χ1n) is 5.48. The van der Waals surface area contributed by atoms with Crippen LogP contribution in [0.4, 0.5) is 0 Å². The van der Waals surface area contributed by atoms with Crippen LogP contribution < -0.4 is 0 Å². The number of hydrogen-bond acceptors (Lipinski definition) is 2. The van der Waals surface area contributed by atoms with Gasteiger partial charge in [0.1, 0.15) is 0 Å². The van der Waals surface area contributed by atoms with E-state index in [2.05, 4.69) is 0 Å². The van der Waals surface area contributed by atoms with Gasteiger partial charge in [-0.05, 0) is 6.08 Å². The highest BCUT2D eigenvalue weighted by atomic mass is 16.4. The Kier molecular flexibility index (Phi) is 5.96. The second kappa shape index (κ2) is 6.43. The van der Waals surface area contributed by atoms with Crippen LogP contribution in [0, 0.1) is 5.92 Å². The Morgan fingerprint density at radius 1 is 1.31 bits per heavy atom. The minimum Gasteiger partial charge on any atom is -0.481 e. The monoisotopic (exact) mass is 228 g/mol. The Morgan fingerprint density at radius 2 is 1.88 bits per heavy atom. The molecule has 0 aromatic heterocycles. The van der Waals surface area contributed by atoms with Crippen molar-refractivity contribution in [3.05, 3.63) is 12.2 Å². The van der Waals surface area contributed by atoms with E-state index in [0.29, 0.717) is 17.4 Å². The van der Waals surface area contributed by atoms with Crippen LogP contribution in [0.2, 0.25) is 0 Å². The molecule has 0 spiro atoms. The van der Waals surface area contributed by atoms with Crippen LogP contribution in [0.15, 0.2) is 12.2 Å². The number of ketones is 1. The summed E-state index contributed by atoms with van der Waals surface area (Å²) in [5.41, 5.74) is 0. The summed E-state index contributed by atoms with van der Waals surface area (Å²) in [5, 5.41) is 8.78. The molecule has 0 aliphatic heterocycles. The lowest BCUT2D eigenvalue weighted by Crippen LogP contribution is -2.39. The fraction of sp³-hybridized carbons (Fsp3) is 0.667. The van der Waals surface area contributed by atoms with Gasteiger partial charge >= 0.3 is 5.97 Å². The molecule has 0 saturated heterocycles. The molecule has 0 aromatic carbocycles. The molecule has 0 rings (SSSR count). The van der Waals surface area contributed by atoms with Crippen LogP contribution in [0.25, 0.3) is 0 Å². The Hall–Kier alpha value is -1.16. The number of carbonyl (C=O) groups is 2. The maximum atomic E-state index is 11.1. The summed E-state index contributed by atoms with van der Waals surface area (Å²) in [5.74, 6) is -0.878. The molecule has 16 heavy (non-hydrogen) atoms. The third-order valence-electron chi connectivity index (χ3n) is 2.12. The standard InChI is InChI=1S/C12H21NO3/c1-5-11(14)7-6-10(8-12(15)16)9-13(2,3)4/h6-7,10H,5,8-9H2,1-4H3/p+1. The van der Waals surface area contributed by atoms with Gasteiger partial charge < -0.3 is 9.59 Å². The van der Waals surface area contributed by atoms with E-state index < -0.39 is 5.97 Å². The van der Waals surface area contributed by atoms with Gasteiger partial charge in [0.25, 0.3) is 0 Å². The largest absolute Gasteiger partial charge is 0.481 e. The molecule has 1 atom stereocenters. The lowest BCUT2D eigenvalue weighted by atomic mass is 10.0. The van der Waals surface area contributed by atoms with Gasteiger partial charge in [0, 0.05) is 12.3 Å². The molecule has 0 aliphatic rings. The molecule has 4 heteroatoms. The van der Waals surface area contributed by atoms with Crippen molar-refractivity contribution < 1.29 is 19.2 Å². The van der Waals surface area contributed by atoms with E-state index in [9.17, 15) is 9.59 Å². The number of carboxylic acid groups (broad SMARTS) is 1. The zero-order valence-electron chi connectivity index (χ0n) is 10.6. The zero-order chi connectivity index (χ0) is 12.8. The third kappa shape index (κ3) is 8.17. The third-order valence-corrected chi connectivity index (χ3v) is 2.12. The second-order valence-electron chi connectivity index (χ2n) is 5.01. The minimum absolute atomic E-state index is 0.0387. The highest BCUT2D eigenvalue weighted by Gasteiger charge is 2.18. The lowest BCUT2D eigenvalue weighted by molar-refractivity contribution is -0.873. The van der Waals surface area contributed by atoms with E-state index >= 15 is 0 Å². The number of carboxylic acids is 1. The van der Waals surface area contributed by atoms with Crippen molar-refractivity contribution >= 4 is 11.8 Å². The van der Waals surface area contributed by atoms with E-state index in [-0.39, 0.29) is 18.1 Å². The summed E-state index contributed by atoms with van der Waals surface area (Å²) >= 11 is 0. The summed E-state index contributed by atoms with van der Waals surface area (Å²) in [6.07, 6.45) is 3.76. The summed E-state index contributed by atoms with van der Waals surface area (Å²) in [4.78, 5) is 21.8. The number of carbonyl (C=O) groups excluding carboxylic acids is 1. The zero-order valence-corrected chi connectivity index (χ0v) is 10.6. The molecule has 0 fully saturated rings. The van der Waals surface area contributed by atoms with Crippen molar-refractivity contribution in [1.29, 1.82) is 0 Å². The number of aliphatic carboxylic acids is 1.